The summed E-state index contributed by atoms with van der Waals surface area (Å²) in [6.07, 6.45) is 2.20. The summed E-state index contributed by atoms with van der Waals surface area (Å²) in [5.74, 6) is -0.181. The standard InChI is InChI=1S/C11H17ClN4OS/c1-11(3-5-16(2)6-4-11)7-13-8(17)9-14-15-10(12)18-9/h3-7H2,1-2H3,(H,13,17). The molecule has 2 rings (SSSR count). The lowest BCUT2D eigenvalue weighted by atomic mass is 9.80. The molecule has 5 nitrogen and oxygen atoms in total. The Kier molecular flexibility index (Phi) is 4.19. The highest BCUT2D eigenvalue weighted by Gasteiger charge is 2.29. The first-order valence-corrected chi connectivity index (χ1v) is 7.14. The number of halogens is 1. The first-order chi connectivity index (χ1) is 8.48. The zero-order chi connectivity index (χ0) is 13.2. The fraction of sp³-hybridized carbons (Fsp3) is 0.727. The Hall–Kier alpha value is -0.720. The van der Waals surface area contributed by atoms with Gasteiger partial charge in [-0.2, -0.15) is 0 Å². The SMILES string of the molecule is CN1CCC(C)(CNC(=O)c2nnc(Cl)s2)CC1. The van der Waals surface area contributed by atoms with Crippen LogP contribution in [0.4, 0.5) is 0 Å². The van der Waals surface area contributed by atoms with E-state index < -0.39 is 0 Å². The van der Waals surface area contributed by atoms with Crippen LogP contribution in [0.3, 0.4) is 0 Å². The fourth-order valence-corrected chi connectivity index (χ4v) is 2.75. The number of likely N-dealkylation sites (tertiary alicyclic amines) is 1. The molecule has 0 spiro atoms. The summed E-state index contributed by atoms with van der Waals surface area (Å²) in [5.41, 5.74) is 0.177. The van der Waals surface area contributed by atoms with Crippen LogP contribution in [0.5, 0.6) is 0 Å². The molecule has 7 heteroatoms. The second-order valence-electron chi connectivity index (χ2n) is 5.16. The van der Waals surface area contributed by atoms with Gasteiger partial charge in [0.25, 0.3) is 5.91 Å². The molecule has 1 aliphatic heterocycles. The number of hydrogen-bond donors (Lipinski definition) is 1. The summed E-state index contributed by atoms with van der Waals surface area (Å²) in [6.45, 7) is 5.05. The van der Waals surface area contributed by atoms with Crippen LogP contribution in [0.15, 0.2) is 0 Å². The molecule has 1 saturated heterocycles. The van der Waals surface area contributed by atoms with E-state index in [0.29, 0.717) is 16.0 Å². The van der Waals surface area contributed by atoms with E-state index in [1.807, 2.05) is 0 Å². The maximum absolute atomic E-state index is 11.8. The minimum absolute atomic E-state index is 0.177. The molecule has 1 aliphatic rings. The summed E-state index contributed by atoms with van der Waals surface area (Å²) in [5, 5.41) is 10.6. The van der Waals surface area contributed by atoms with Crippen LogP contribution in [-0.4, -0.2) is 47.7 Å². The average Bonchev–Trinajstić information content (AvgIpc) is 2.77. The lowest BCUT2D eigenvalue weighted by molar-refractivity contribution is 0.0890. The molecule has 1 amide bonds. The highest BCUT2D eigenvalue weighted by molar-refractivity contribution is 7.17. The van der Waals surface area contributed by atoms with Gasteiger partial charge in [0.1, 0.15) is 0 Å². The number of piperidine rings is 1. The van der Waals surface area contributed by atoms with Gasteiger partial charge in [0.05, 0.1) is 0 Å². The summed E-state index contributed by atoms with van der Waals surface area (Å²) >= 11 is 6.76. The van der Waals surface area contributed by atoms with Gasteiger partial charge in [0, 0.05) is 6.54 Å². The molecule has 0 unspecified atom stereocenters. The normalized spacial score (nSPS) is 19.7. The Labute approximate surface area is 116 Å². The van der Waals surface area contributed by atoms with Crippen LogP contribution in [0, 0.1) is 5.41 Å². The highest BCUT2D eigenvalue weighted by Crippen LogP contribution is 2.29. The van der Waals surface area contributed by atoms with Crippen molar-refractivity contribution in [1.82, 2.24) is 20.4 Å². The monoisotopic (exact) mass is 288 g/mol. The third kappa shape index (κ3) is 3.40. The van der Waals surface area contributed by atoms with E-state index in [0.717, 1.165) is 37.3 Å². The number of amides is 1. The van der Waals surface area contributed by atoms with Crippen LogP contribution in [0.1, 0.15) is 29.6 Å². The molecule has 0 radical (unpaired) electrons. The molecule has 18 heavy (non-hydrogen) atoms. The van der Waals surface area contributed by atoms with E-state index in [2.05, 4.69) is 34.4 Å². The number of carbonyl (C=O) groups is 1. The first kappa shape index (κ1) is 13.7. The third-order valence-electron chi connectivity index (χ3n) is 3.46. The van der Waals surface area contributed by atoms with Gasteiger partial charge in [0.2, 0.25) is 9.47 Å². The number of nitrogens with zero attached hydrogens (tertiary/aromatic N) is 3. The maximum atomic E-state index is 11.8. The molecule has 1 aromatic rings. The molecule has 0 saturated carbocycles. The molecular weight excluding hydrogens is 272 g/mol. The number of aromatic nitrogens is 2. The van der Waals surface area contributed by atoms with Gasteiger partial charge in [-0.1, -0.05) is 18.3 Å². The summed E-state index contributed by atoms with van der Waals surface area (Å²) in [4.78, 5) is 14.1. The van der Waals surface area contributed by atoms with E-state index >= 15 is 0 Å². The zero-order valence-electron chi connectivity index (χ0n) is 10.6. The lowest BCUT2D eigenvalue weighted by Crippen LogP contribution is -2.43. The minimum atomic E-state index is -0.181. The van der Waals surface area contributed by atoms with E-state index in [1.54, 1.807) is 0 Å². The van der Waals surface area contributed by atoms with Gasteiger partial charge < -0.3 is 10.2 Å². The Bertz CT molecular complexity index is 428. The molecule has 1 aromatic heterocycles. The van der Waals surface area contributed by atoms with Crippen LogP contribution in [-0.2, 0) is 0 Å². The molecule has 0 atom stereocenters. The van der Waals surface area contributed by atoms with Gasteiger partial charge in [0.15, 0.2) is 0 Å². The molecule has 0 bridgehead atoms. The van der Waals surface area contributed by atoms with E-state index in [1.165, 1.54) is 0 Å². The van der Waals surface area contributed by atoms with Gasteiger partial charge >= 0.3 is 0 Å². The summed E-state index contributed by atoms with van der Waals surface area (Å²) in [7, 11) is 2.13. The second kappa shape index (κ2) is 5.50. The zero-order valence-corrected chi connectivity index (χ0v) is 12.1. The van der Waals surface area contributed by atoms with Crippen molar-refractivity contribution < 1.29 is 4.79 Å². The van der Waals surface area contributed by atoms with Crippen molar-refractivity contribution in [3.05, 3.63) is 9.47 Å². The van der Waals surface area contributed by atoms with Crippen LogP contribution >= 0.6 is 22.9 Å². The van der Waals surface area contributed by atoms with Gasteiger partial charge in [-0.05, 0) is 50.0 Å². The Morgan fingerprint density at radius 2 is 2.17 bits per heavy atom. The lowest BCUT2D eigenvalue weighted by Gasteiger charge is -2.37. The molecule has 1 N–H and O–H groups in total. The van der Waals surface area contributed by atoms with Crippen LogP contribution in [0.25, 0.3) is 0 Å². The van der Waals surface area contributed by atoms with E-state index in [4.69, 9.17) is 11.6 Å². The highest BCUT2D eigenvalue weighted by atomic mass is 35.5. The molecule has 100 valence electrons. The van der Waals surface area contributed by atoms with Crippen molar-refractivity contribution in [2.45, 2.75) is 19.8 Å². The summed E-state index contributed by atoms with van der Waals surface area (Å²) in [6, 6.07) is 0. The largest absolute Gasteiger partial charge is 0.349 e. The van der Waals surface area contributed by atoms with E-state index in [-0.39, 0.29) is 11.3 Å². The summed E-state index contributed by atoms with van der Waals surface area (Å²) < 4.78 is 0.297. The molecular formula is C11H17ClN4OS. The fourth-order valence-electron chi connectivity index (χ4n) is 2.00. The number of nitrogens with one attached hydrogen (secondary N) is 1. The molecule has 1 fully saturated rings. The molecule has 0 aliphatic carbocycles. The maximum Gasteiger partial charge on any atom is 0.282 e. The number of hydrogen-bond acceptors (Lipinski definition) is 5. The molecule has 0 aromatic carbocycles. The van der Waals surface area contributed by atoms with Crippen molar-refractivity contribution in [3.63, 3.8) is 0 Å². The van der Waals surface area contributed by atoms with Gasteiger partial charge in [-0.15, -0.1) is 10.2 Å². The van der Waals surface area contributed by atoms with E-state index in [9.17, 15) is 4.79 Å². The predicted octanol–water partition coefficient (Wildman–Crippen LogP) is 1.65. The van der Waals surface area contributed by atoms with Crippen LogP contribution < -0.4 is 5.32 Å². The molecule has 2 heterocycles. The second-order valence-corrected chi connectivity index (χ2v) is 6.72. The Morgan fingerprint density at radius 1 is 1.50 bits per heavy atom. The van der Waals surface area contributed by atoms with Crippen molar-refractivity contribution >= 4 is 28.8 Å². The minimum Gasteiger partial charge on any atom is -0.349 e. The van der Waals surface area contributed by atoms with Gasteiger partial charge in [-0.3, -0.25) is 4.79 Å². The third-order valence-corrected chi connectivity index (χ3v) is 4.48. The number of rotatable bonds is 3. The number of carbonyl (C=O) groups excluding carboxylic acids is 1. The average molecular weight is 289 g/mol. The Balaban J connectivity index is 1.86. The van der Waals surface area contributed by atoms with Crippen molar-refractivity contribution in [2.24, 2.45) is 5.41 Å². The van der Waals surface area contributed by atoms with Crippen molar-refractivity contribution in [2.75, 3.05) is 26.7 Å². The Morgan fingerprint density at radius 3 is 2.72 bits per heavy atom. The van der Waals surface area contributed by atoms with Crippen LogP contribution in [0.2, 0.25) is 4.47 Å². The topological polar surface area (TPSA) is 58.1 Å². The van der Waals surface area contributed by atoms with Crippen molar-refractivity contribution in [3.8, 4) is 0 Å². The first-order valence-electron chi connectivity index (χ1n) is 5.94. The quantitative estimate of drug-likeness (QED) is 0.919. The van der Waals surface area contributed by atoms with Crippen molar-refractivity contribution in [1.29, 1.82) is 0 Å². The smallest absolute Gasteiger partial charge is 0.282 e. The predicted molar refractivity (Wildman–Crippen MR) is 72.1 cm³/mol. The van der Waals surface area contributed by atoms with Gasteiger partial charge in [-0.25, -0.2) is 0 Å².